The van der Waals surface area contributed by atoms with Gasteiger partial charge in [-0.05, 0) is 29.7 Å². The quantitative estimate of drug-likeness (QED) is 0.521. The average molecular weight is 422 g/mol. The number of carbonyl (C=O) groups excluding carboxylic acids is 2. The van der Waals surface area contributed by atoms with Crippen LogP contribution in [0.25, 0.3) is 0 Å². The summed E-state index contributed by atoms with van der Waals surface area (Å²) in [7, 11) is -3.41. The van der Waals surface area contributed by atoms with E-state index >= 15 is 0 Å². The molecule has 9 heteroatoms. The van der Waals surface area contributed by atoms with Crippen molar-refractivity contribution in [2.75, 3.05) is 39.3 Å². The summed E-state index contributed by atoms with van der Waals surface area (Å²) >= 11 is 1.24. The molecule has 1 aromatic rings. The molecule has 28 heavy (non-hydrogen) atoms. The first-order valence-corrected chi connectivity index (χ1v) is 12.1. The molecule has 2 amide bonds. The van der Waals surface area contributed by atoms with Crippen molar-refractivity contribution in [2.45, 2.75) is 10.6 Å². The molecule has 4 atom stereocenters. The molecule has 2 bridgehead atoms. The summed E-state index contributed by atoms with van der Waals surface area (Å²) in [6.45, 7) is 3.10. The van der Waals surface area contributed by atoms with Gasteiger partial charge < -0.3 is 0 Å². The molecular formula is C19H23N3O4S2. The van der Waals surface area contributed by atoms with Gasteiger partial charge in [0.25, 0.3) is 10.0 Å². The van der Waals surface area contributed by atoms with E-state index in [9.17, 15) is 18.0 Å². The number of hydrogen-bond acceptors (Lipinski definition) is 6. The standard InChI is InChI=1S/C19H23N3O4S2/c23-18-16-13-3-4-14(12-13)17(16)19(24)22(18)10-7-20-5-8-21(9-6-20)28(25,26)15-2-1-11-27-15/h1-4,11,13-14,16-17H,5-10,12H2/t13-,14+,16+,17-. The summed E-state index contributed by atoms with van der Waals surface area (Å²) in [6.07, 6.45) is 5.16. The third-order valence-corrected chi connectivity index (χ3v) is 9.89. The zero-order chi connectivity index (χ0) is 19.5. The van der Waals surface area contributed by atoms with Crippen molar-refractivity contribution in [2.24, 2.45) is 23.7 Å². The second kappa shape index (κ2) is 6.76. The van der Waals surface area contributed by atoms with E-state index in [1.54, 1.807) is 17.5 Å². The first-order chi connectivity index (χ1) is 13.5. The van der Waals surface area contributed by atoms with Gasteiger partial charge in [-0.25, -0.2) is 8.42 Å². The van der Waals surface area contributed by atoms with Crippen molar-refractivity contribution >= 4 is 33.2 Å². The number of amides is 2. The van der Waals surface area contributed by atoms with Crippen molar-refractivity contribution in [1.29, 1.82) is 0 Å². The van der Waals surface area contributed by atoms with Gasteiger partial charge >= 0.3 is 0 Å². The first-order valence-electron chi connectivity index (χ1n) is 9.76. The number of piperazine rings is 1. The molecule has 1 aromatic heterocycles. The SMILES string of the molecule is O=C1[C@@H]2[C@H](C(=O)N1CCN1CCN(S(=O)(=O)c3cccs3)CC1)[C@H]1C=C[C@@H]2C1. The Hall–Kier alpha value is -1.55. The van der Waals surface area contributed by atoms with Crippen molar-refractivity contribution in [3.63, 3.8) is 0 Å². The Morgan fingerprint density at radius 3 is 2.18 bits per heavy atom. The third kappa shape index (κ3) is 2.79. The van der Waals surface area contributed by atoms with E-state index in [1.807, 2.05) is 0 Å². The molecular weight excluding hydrogens is 398 g/mol. The Morgan fingerprint density at radius 1 is 0.964 bits per heavy atom. The summed E-state index contributed by atoms with van der Waals surface area (Å²) in [4.78, 5) is 29.1. The van der Waals surface area contributed by atoms with Crippen LogP contribution in [0.4, 0.5) is 0 Å². The molecule has 0 aromatic carbocycles. The second-order valence-electron chi connectivity index (χ2n) is 8.01. The predicted molar refractivity (Wildman–Crippen MR) is 104 cm³/mol. The van der Waals surface area contributed by atoms with E-state index in [1.165, 1.54) is 20.5 Å². The van der Waals surface area contributed by atoms with Crippen LogP contribution in [-0.4, -0.2) is 73.6 Å². The fourth-order valence-electron chi connectivity index (χ4n) is 5.16. The number of sulfonamides is 1. The highest BCUT2D eigenvalue weighted by atomic mass is 32.2. The van der Waals surface area contributed by atoms with E-state index in [0.29, 0.717) is 43.5 Å². The Balaban J connectivity index is 1.16. The molecule has 2 aliphatic carbocycles. The van der Waals surface area contributed by atoms with E-state index in [4.69, 9.17) is 0 Å². The highest BCUT2D eigenvalue weighted by Gasteiger charge is 2.59. The normalized spacial score (nSPS) is 33.2. The highest BCUT2D eigenvalue weighted by Crippen LogP contribution is 2.52. The molecule has 0 N–H and O–H groups in total. The summed E-state index contributed by atoms with van der Waals surface area (Å²) < 4.78 is 27.1. The van der Waals surface area contributed by atoms with E-state index in [-0.39, 0.29) is 35.5 Å². The lowest BCUT2D eigenvalue weighted by Gasteiger charge is -2.34. The summed E-state index contributed by atoms with van der Waals surface area (Å²) in [5.74, 6) is 0.173. The van der Waals surface area contributed by atoms with Gasteiger partial charge in [0.1, 0.15) is 4.21 Å². The Morgan fingerprint density at radius 2 is 1.61 bits per heavy atom. The monoisotopic (exact) mass is 421 g/mol. The highest BCUT2D eigenvalue weighted by molar-refractivity contribution is 7.91. The summed E-state index contributed by atoms with van der Waals surface area (Å²) in [5.41, 5.74) is 0. The van der Waals surface area contributed by atoms with Crippen LogP contribution in [0.2, 0.25) is 0 Å². The average Bonchev–Trinajstić information content (AvgIpc) is 3.47. The lowest BCUT2D eigenvalue weighted by Crippen LogP contribution is -2.50. The van der Waals surface area contributed by atoms with Gasteiger partial charge in [0.2, 0.25) is 11.8 Å². The van der Waals surface area contributed by atoms with E-state index in [2.05, 4.69) is 17.1 Å². The minimum Gasteiger partial charge on any atom is -0.299 e. The van der Waals surface area contributed by atoms with Crippen LogP contribution in [-0.2, 0) is 19.6 Å². The minimum absolute atomic E-state index is 0.00856. The Kier molecular flexibility index (Phi) is 4.46. The molecule has 2 aliphatic heterocycles. The smallest absolute Gasteiger partial charge is 0.252 e. The fraction of sp³-hybridized carbons (Fsp3) is 0.579. The van der Waals surface area contributed by atoms with Crippen LogP contribution < -0.4 is 0 Å². The number of carbonyl (C=O) groups is 2. The molecule has 2 saturated heterocycles. The van der Waals surface area contributed by atoms with Crippen LogP contribution in [0.1, 0.15) is 6.42 Å². The van der Waals surface area contributed by atoms with Gasteiger partial charge in [-0.15, -0.1) is 11.3 Å². The predicted octanol–water partition coefficient (Wildman–Crippen LogP) is 0.862. The lowest BCUT2D eigenvalue weighted by atomic mass is 9.85. The maximum atomic E-state index is 12.7. The topological polar surface area (TPSA) is 78.0 Å². The van der Waals surface area contributed by atoms with E-state index < -0.39 is 10.0 Å². The molecule has 4 aliphatic rings. The summed E-state index contributed by atoms with van der Waals surface area (Å²) in [5, 5.41) is 1.77. The molecule has 7 nitrogen and oxygen atoms in total. The Bertz CT molecular complexity index is 889. The first kappa shape index (κ1) is 18.5. The molecule has 0 spiro atoms. The van der Waals surface area contributed by atoms with Crippen molar-refractivity contribution in [1.82, 2.24) is 14.1 Å². The van der Waals surface area contributed by atoms with Gasteiger partial charge in [0.05, 0.1) is 11.8 Å². The molecule has 5 rings (SSSR count). The number of nitrogens with zero attached hydrogens (tertiary/aromatic N) is 3. The molecule has 3 fully saturated rings. The van der Waals surface area contributed by atoms with Crippen molar-refractivity contribution < 1.29 is 18.0 Å². The van der Waals surface area contributed by atoms with Crippen LogP contribution in [0.3, 0.4) is 0 Å². The number of allylic oxidation sites excluding steroid dienone is 2. The second-order valence-corrected chi connectivity index (χ2v) is 11.1. The fourth-order valence-corrected chi connectivity index (χ4v) is 7.72. The van der Waals surface area contributed by atoms with Gasteiger partial charge in [-0.2, -0.15) is 4.31 Å². The molecule has 0 unspecified atom stereocenters. The van der Waals surface area contributed by atoms with Crippen molar-refractivity contribution in [3.05, 3.63) is 29.7 Å². The minimum atomic E-state index is -3.41. The number of likely N-dealkylation sites (tertiary alicyclic amines) is 1. The zero-order valence-corrected chi connectivity index (χ0v) is 17.1. The van der Waals surface area contributed by atoms with Gasteiger partial charge in [0.15, 0.2) is 0 Å². The van der Waals surface area contributed by atoms with Crippen LogP contribution >= 0.6 is 11.3 Å². The van der Waals surface area contributed by atoms with Crippen LogP contribution in [0.15, 0.2) is 33.9 Å². The zero-order valence-electron chi connectivity index (χ0n) is 15.4. The molecule has 1 saturated carbocycles. The van der Waals surface area contributed by atoms with Crippen LogP contribution in [0.5, 0.6) is 0 Å². The summed E-state index contributed by atoms with van der Waals surface area (Å²) in [6, 6.07) is 3.38. The third-order valence-electron chi connectivity index (χ3n) is 6.62. The van der Waals surface area contributed by atoms with E-state index in [0.717, 1.165) is 6.42 Å². The van der Waals surface area contributed by atoms with Crippen LogP contribution in [0, 0.1) is 23.7 Å². The number of imide groups is 1. The Labute approximate surface area is 168 Å². The van der Waals surface area contributed by atoms with Gasteiger partial charge in [-0.1, -0.05) is 18.2 Å². The lowest BCUT2D eigenvalue weighted by molar-refractivity contribution is -0.140. The van der Waals surface area contributed by atoms with Gasteiger partial charge in [-0.3, -0.25) is 19.4 Å². The van der Waals surface area contributed by atoms with Gasteiger partial charge in [0, 0.05) is 39.3 Å². The number of fused-ring (bicyclic) bond motifs is 5. The number of hydrogen-bond donors (Lipinski definition) is 0. The molecule has 150 valence electrons. The van der Waals surface area contributed by atoms with Crippen molar-refractivity contribution in [3.8, 4) is 0 Å². The number of thiophene rings is 1. The maximum absolute atomic E-state index is 12.7. The largest absolute Gasteiger partial charge is 0.299 e. The molecule has 3 heterocycles. The molecule has 0 radical (unpaired) electrons. The maximum Gasteiger partial charge on any atom is 0.252 e. The number of rotatable bonds is 5.